The van der Waals surface area contributed by atoms with Crippen LogP contribution in [0, 0.1) is 6.92 Å². The fourth-order valence-electron chi connectivity index (χ4n) is 1.77. The van der Waals surface area contributed by atoms with Crippen molar-refractivity contribution in [2.45, 2.75) is 32.4 Å². The lowest BCUT2D eigenvalue weighted by Gasteiger charge is -2.40. The third kappa shape index (κ3) is 2.74. The van der Waals surface area contributed by atoms with E-state index in [9.17, 15) is 0 Å². The summed E-state index contributed by atoms with van der Waals surface area (Å²) in [6, 6.07) is 1.95. The van der Waals surface area contributed by atoms with Gasteiger partial charge in [-0.2, -0.15) is 0 Å². The summed E-state index contributed by atoms with van der Waals surface area (Å²) in [5.41, 5.74) is 10.6. The zero-order valence-electron chi connectivity index (χ0n) is 11.3. The molecule has 0 radical (unpaired) electrons. The molecule has 0 aromatic carbocycles. The molecule has 0 aliphatic carbocycles. The van der Waals surface area contributed by atoms with Crippen LogP contribution in [0.2, 0.25) is 0 Å². The molecule has 1 unspecified atom stereocenters. The third-order valence-corrected chi connectivity index (χ3v) is 3.42. The maximum absolute atomic E-state index is 5.94. The molecule has 17 heavy (non-hydrogen) atoms. The number of aryl methyl sites for hydroxylation is 1. The summed E-state index contributed by atoms with van der Waals surface area (Å²) >= 11 is 0. The van der Waals surface area contributed by atoms with Gasteiger partial charge in [-0.05, 0) is 46.5 Å². The standard InChI is InChI=1S/C12H23N5/c1-8-6-9(11(13)15-7-8)10(16-14)12(2,3)17(4)5/h6-7,10,16H,14H2,1-5H3,(H2,13,15). The second-order valence-electron chi connectivity index (χ2n) is 5.13. The Kier molecular flexibility index (Phi) is 4.08. The highest BCUT2D eigenvalue weighted by molar-refractivity contribution is 5.44. The highest BCUT2D eigenvalue weighted by Crippen LogP contribution is 2.31. The molecule has 1 aromatic rings. The first-order valence-electron chi connectivity index (χ1n) is 5.66. The van der Waals surface area contributed by atoms with Crippen molar-refractivity contribution in [3.63, 3.8) is 0 Å². The zero-order valence-corrected chi connectivity index (χ0v) is 11.3. The van der Waals surface area contributed by atoms with E-state index < -0.39 is 0 Å². The molecular formula is C12H23N5. The van der Waals surface area contributed by atoms with Gasteiger partial charge in [0.2, 0.25) is 0 Å². The van der Waals surface area contributed by atoms with Gasteiger partial charge in [-0.1, -0.05) is 0 Å². The number of nitrogen functional groups attached to an aromatic ring is 1. The van der Waals surface area contributed by atoms with Crippen molar-refractivity contribution < 1.29 is 0 Å². The van der Waals surface area contributed by atoms with Crippen LogP contribution in [0.4, 0.5) is 5.82 Å². The zero-order chi connectivity index (χ0) is 13.2. The van der Waals surface area contributed by atoms with Gasteiger partial charge in [0, 0.05) is 17.3 Å². The number of pyridine rings is 1. The minimum Gasteiger partial charge on any atom is -0.383 e. The van der Waals surface area contributed by atoms with Crippen LogP contribution < -0.4 is 17.0 Å². The van der Waals surface area contributed by atoms with Crippen molar-refractivity contribution in [2.75, 3.05) is 19.8 Å². The molecular weight excluding hydrogens is 214 g/mol. The first-order valence-corrected chi connectivity index (χ1v) is 5.66. The van der Waals surface area contributed by atoms with Crippen LogP contribution in [0.5, 0.6) is 0 Å². The topological polar surface area (TPSA) is 80.2 Å². The van der Waals surface area contributed by atoms with Crippen molar-refractivity contribution in [3.05, 3.63) is 23.4 Å². The molecule has 1 aromatic heterocycles. The van der Waals surface area contributed by atoms with Crippen LogP contribution in [0.15, 0.2) is 12.3 Å². The summed E-state index contributed by atoms with van der Waals surface area (Å²) in [5.74, 6) is 6.21. The van der Waals surface area contributed by atoms with Gasteiger partial charge >= 0.3 is 0 Å². The van der Waals surface area contributed by atoms with Crippen molar-refractivity contribution in [3.8, 4) is 0 Å². The monoisotopic (exact) mass is 237 g/mol. The first kappa shape index (κ1) is 13.9. The van der Waals surface area contributed by atoms with E-state index in [4.69, 9.17) is 11.6 Å². The summed E-state index contributed by atoms with van der Waals surface area (Å²) < 4.78 is 0. The highest BCUT2D eigenvalue weighted by Gasteiger charge is 2.33. The minimum atomic E-state index is -0.168. The lowest BCUT2D eigenvalue weighted by Crippen LogP contribution is -2.51. The van der Waals surface area contributed by atoms with Crippen LogP contribution in [-0.2, 0) is 0 Å². The Balaban J connectivity index is 3.22. The number of hydrazine groups is 1. The first-order chi connectivity index (χ1) is 7.80. The van der Waals surface area contributed by atoms with Gasteiger partial charge in [0.25, 0.3) is 0 Å². The van der Waals surface area contributed by atoms with Gasteiger partial charge in [0.05, 0.1) is 6.04 Å². The molecule has 1 rings (SSSR count). The second kappa shape index (κ2) is 5.00. The fraction of sp³-hybridized carbons (Fsp3) is 0.583. The summed E-state index contributed by atoms with van der Waals surface area (Å²) in [7, 11) is 4.04. The van der Waals surface area contributed by atoms with Crippen LogP contribution >= 0.6 is 0 Å². The summed E-state index contributed by atoms with van der Waals surface area (Å²) in [4.78, 5) is 6.29. The second-order valence-corrected chi connectivity index (χ2v) is 5.13. The number of nitrogens with zero attached hydrogens (tertiary/aromatic N) is 2. The lowest BCUT2D eigenvalue weighted by atomic mass is 9.87. The Morgan fingerprint density at radius 3 is 2.47 bits per heavy atom. The molecule has 5 N–H and O–H groups in total. The molecule has 5 nitrogen and oxygen atoms in total. The molecule has 0 bridgehead atoms. The number of aromatic nitrogens is 1. The van der Waals surface area contributed by atoms with E-state index in [1.54, 1.807) is 6.20 Å². The Morgan fingerprint density at radius 1 is 1.41 bits per heavy atom. The van der Waals surface area contributed by atoms with Crippen molar-refractivity contribution in [1.29, 1.82) is 0 Å². The number of rotatable bonds is 4. The number of nitrogens with one attached hydrogen (secondary N) is 1. The summed E-state index contributed by atoms with van der Waals surface area (Å²) in [5, 5.41) is 0. The lowest BCUT2D eigenvalue weighted by molar-refractivity contribution is 0.138. The molecule has 5 heteroatoms. The molecule has 0 spiro atoms. The van der Waals surface area contributed by atoms with Crippen molar-refractivity contribution >= 4 is 5.82 Å². The largest absolute Gasteiger partial charge is 0.383 e. The molecule has 0 saturated heterocycles. The quantitative estimate of drug-likeness (QED) is 0.533. The number of likely N-dealkylation sites (N-methyl/N-ethyl adjacent to an activating group) is 1. The van der Waals surface area contributed by atoms with Gasteiger partial charge in [0.1, 0.15) is 5.82 Å². The summed E-state index contributed by atoms with van der Waals surface area (Å²) in [6.45, 7) is 6.21. The molecule has 0 saturated carbocycles. The molecule has 1 heterocycles. The van der Waals surface area contributed by atoms with E-state index in [2.05, 4.69) is 29.2 Å². The molecule has 1 atom stereocenters. The van der Waals surface area contributed by atoms with E-state index in [0.29, 0.717) is 5.82 Å². The molecule has 0 fully saturated rings. The van der Waals surface area contributed by atoms with E-state index in [1.165, 1.54) is 0 Å². The van der Waals surface area contributed by atoms with Crippen LogP contribution in [0.1, 0.15) is 31.0 Å². The van der Waals surface area contributed by atoms with Gasteiger partial charge in [0.15, 0.2) is 0 Å². The van der Waals surface area contributed by atoms with Crippen LogP contribution in [0.3, 0.4) is 0 Å². The average molecular weight is 237 g/mol. The Morgan fingerprint density at radius 2 is 2.00 bits per heavy atom. The Bertz CT molecular complexity index is 386. The van der Waals surface area contributed by atoms with Gasteiger partial charge in [-0.25, -0.2) is 4.98 Å². The molecule has 0 amide bonds. The number of hydrogen-bond acceptors (Lipinski definition) is 5. The maximum Gasteiger partial charge on any atom is 0.128 e. The number of hydrogen-bond donors (Lipinski definition) is 3. The van der Waals surface area contributed by atoms with Crippen molar-refractivity contribution in [2.24, 2.45) is 5.84 Å². The maximum atomic E-state index is 5.94. The van der Waals surface area contributed by atoms with Gasteiger partial charge in [-0.15, -0.1) is 0 Å². The van der Waals surface area contributed by atoms with Crippen LogP contribution in [0.25, 0.3) is 0 Å². The fourth-order valence-corrected chi connectivity index (χ4v) is 1.77. The van der Waals surface area contributed by atoms with E-state index in [-0.39, 0.29) is 11.6 Å². The van der Waals surface area contributed by atoms with Crippen molar-refractivity contribution in [1.82, 2.24) is 15.3 Å². The SMILES string of the molecule is Cc1cnc(N)c(C(NN)C(C)(C)N(C)C)c1. The Hall–Kier alpha value is -1.17. The van der Waals surface area contributed by atoms with E-state index in [1.807, 2.05) is 27.1 Å². The van der Waals surface area contributed by atoms with Gasteiger partial charge < -0.3 is 10.6 Å². The van der Waals surface area contributed by atoms with Gasteiger partial charge in [-0.3, -0.25) is 11.3 Å². The minimum absolute atomic E-state index is 0.0788. The predicted octanol–water partition coefficient (Wildman–Crippen LogP) is 0.817. The molecule has 0 aliphatic heterocycles. The molecule has 0 aliphatic rings. The smallest absolute Gasteiger partial charge is 0.128 e. The van der Waals surface area contributed by atoms with E-state index >= 15 is 0 Å². The molecule has 96 valence electrons. The third-order valence-electron chi connectivity index (χ3n) is 3.42. The normalized spacial score (nSPS) is 14.1. The summed E-state index contributed by atoms with van der Waals surface area (Å²) in [6.07, 6.45) is 1.76. The van der Waals surface area contributed by atoms with E-state index in [0.717, 1.165) is 11.1 Å². The Labute approximate surface area is 103 Å². The van der Waals surface area contributed by atoms with Crippen LogP contribution in [-0.4, -0.2) is 29.5 Å². The number of anilines is 1. The number of nitrogens with two attached hydrogens (primary N) is 2. The average Bonchev–Trinajstić information content (AvgIpc) is 2.23. The highest BCUT2D eigenvalue weighted by atomic mass is 15.3. The predicted molar refractivity (Wildman–Crippen MR) is 71.2 cm³/mol.